The fourth-order valence-corrected chi connectivity index (χ4v) is 4.67. The van der Waals surface area contributed by atoms with E-state index in [-0.39, 0.29) is 18.7 Å². The SMILES string of the molecule is CC(C)(C)OC(=O)CC[C@@H](C(N)=O)N1Cc2cc(CCCC3CCCNC3)ccc2C1=O. The van der Waals surface area contributed by atoms with Crippen LogP contribution in [-0.4, -0.2) is 47.4 Å². The summed E-state index contributed by atoms with van der Waals surface area (Å²) in [4.78, 5) is 38.6. The molecule has 0 radical (unpaired) electrons. The molecule has 0 aliphatic carbocycles. The maximum absolute atomic E-state index is 12.9. The first kappa shape index (κ1) is 24.2. The summed E-state index contributed by atoms with van der Waals surface area (Å²) in [5.41, 5.74) is 7.77. The number of carbonyl (C=O) groups excluding carboxylic acids is 3. The van der Waals surface area contributed by atoms with Gasteiger partial charge in [-0.1, -0.05) is 12.1 Å². The Balaban J connectivity index is 1.58. The van der Waals surface area contributed by atoms with Gasteiger partial charge >= 0.3 is 5.97 Å². The second kappa shape index (κ2) is 10.5. The highest BCUT2D eigenvalue weighted by molar-refractivity contribution is 6.01. The van der Waals surface area contributed by atoms with Crippen LogP contribution in [0.25, 0.3) is 0 Å². The van der Waals surface area contributed by atoms with E-state index in [4.69, 9.17) is 10.5 Å². The van der Waals surface area contributed by atoms with Crippen LogP contribution in [-0.2, 0) is 27.3 Å². The average Bonchev–Trinajstić information content (AvgIpc) is 3.03. The number of nitrogens with one attached hydrogen (secondary N) is 1. The van der Waals surface area contributed by atoms with Crippen LogP contribution in [0.15, 0.2) is 18.2 Å². The summed E-state index contributed by atoms with van der Waals surface area (Å²) in [5.74, 6) is -0.441. The monoisotopic (exact) mass is 443 g/mol. The lowest BCUT2D eigenvalue weighted by Gasteiger charge is -2.25. The van der Waals surface area contributed by atoms with E-state index in [1.807, 2.05) is 12.1 Å². The van der Waals surface area contributed by atoms with Crippen molar-refractivity contribution < 1.29 is 19.1 Å². The zero-order chi connectivity index (χ0) is 23.3. The lowest BCUT2D eigenvalue weighted by molar-refractivity contribution is -0.155. The molecule has 1 aromatic carbocycles. The van der Waals surface area contributed by atoms with E-state index in [2.05, 4.69) is 11.4 Å². The first-order chi connectivity index (χ1) is 15.1. The minimum atomic E-state index is -0.829. The number of fused-ring (bicyclic) bond motifs is 1. The topological polar surface area (TPSA) is 102 Å². The normalized spacial score (nSPS) is 19.5. The van der Waals surface area contributed by atoms with Gasteiger partial charge in [0.1, 0.15) is 11.6 Å². The molecule has 1 aromatic rings. The third kappa shape index (κ3) is 6.55. The van der Waals surface area contributed by atoms with Gasteiger partial charge in [0.25, 0.3) is 5.91 Å². The van der Waals surface area contributed by atoms with E-state index in [1.165, 1.54) is 29.7 Å². The van der Waals surface area contributed by atoms with E-state index in [1.54, 1.807) is 20.8 Å². The Morgan fingerprint density at radius 1 is 1.31 bits per heavy atom. The number of hydrogen-bond acceptors (Lipinski definition) is 5. The Bertz CT molecular complexity index is 840. The Labute approximate surface area is 191 Å². The highest BCUT2D eigenvalue weighted by atomic mass is 16.6. The van der Waals surface area contributed by atoms with E-state index < -0.39 is 23.5 Å². The van der Waals surface area contributed by atoms with Crippen molar-refractivity contribution in [2.75, 3.05) is 13.1 Å². The maximum atomic E-state index is 12.9. The first-order valence-electron chi connectivity index (χ1n) is 11.8. The van der Waals surface area contributed by atoms with Gasteiger partial charge in [0, 0.05) is 18.5 Å². The molecular formula is C25H37N3O4. The summed E-state index contributed by atoms with van der Waals surface area (Å²) in [6.07, 6.45) is 6.08. The first-order valence-corrected chi connectivity index (χ1v) is 11.8. The van der Waals surface area contributed by atoms with Gasteiger partial charge in [0.15, 0.2) is 0 Å². The summed E-state index contributed by atoms with van der Waals surface area (Å²) < 4.78 is 5.32. The molecule has 2 atom stereocenters. The molecule has 3 rings (SSSR count). The molecule has 0 bridgehead atoms. The molecule has 0 spiro atoms. The Morgan fingerprint density at radius 2 is 2.09 bits per heavy atom. The zero-order valence-electron chi connectivity index (χ0n) is 19.6. The molecule has 1 fully saturated rings. The summed E-state index contributed by atoms with van der Waals surface area (Å²) in [7, 11) is 0. The van der Waals surface area contributed by atoms with Crippen molar-refractivity contribution >= 4 is 17.8 Å². The number of primary amides is 1. The van der Waals surface area contributed by atoms with Gasteiger partial charge in [-0.15, -0.1) is 0 Å². The van der Waals surface area contributed by atoms with Crippen molar-refractivity contribution in [3.63, 3.8) is 0 Å². The molecule has 3 N–H and O–H groups in total. The summed E-state index contributed by atoms with van der Waals surface area (Å²) in [6.45, 7) is 7.97. The molecule has 32 heavy (non-hydrogen) atoms. The Kier molecular flexibility index (Phi) is 7.93. The van der Waals surface area contributed by atoms with Crippen molar-refractivity contribution in [1.29, 1.82) is 0 Å². The predicted molar refractivity (Wildman–Crippen MR) is 123 cm³/mol. The molecule has 2 aliphatic rings. The molecule has 0 aromatic heterocycles. The molecular weight excluding hydrogens is 406 g/mol. The third-order valence-electron chi connectivity index (χ3n) is 6.22. The molecule has 1 unspecified atom stereocenters. The van der Waals surface area contributed by atoms with Gasteiger partial charge in [-0.05, 0) is 95.5 Å². The smallest absolute Gasteiger partial charge is 0.306 e. The number of benzene rings is 1. The van der Waals surface area contributed by atoms with Crippen molar-refractivity contribution in [2.45, 2.75) is 83.9 Å². The second-order valence-electron chi connectivity index (χ2n) is 10.1. The average molecular weight is 444 g/mol. The number of esters is 1. The molecule has 0 saturated carbocycles. The van der Waals surface area contributed by atoms with Gasteiger partial charge in [-0.2, -0.15) is 0 Å². The van der Waals surface area contributed by atoms with Crippen LogP contribution < -0.4 is 11.1 Å². The number of nitrogens with two attached hydrogens (primary N) is 1. The molecule has 2 amide bonds. The van der Waals surface area contributed by atoms with Crippen molar-refractivity contribution in [1.82, 2.24) is 10.2 Å². The van der Waals surface area contributed by atoms with Crippen LogP contribution in [0.3, 0.4) is 0 Å². The maximum Gasteiger partial charge on any atom is 0.306 e. The summed E-state index contributed by atoms with van der Waals surface area (Å²) in [5, 5.41) is 3.47. The summed E-state index contributed by atoms with van der Waals surface area (Å²) in [6, 6.07) is 5.13. The molecule has 7 heteroatoms. The minimum Gasteiger partial charge on any atom is -0.460 e. The number of carbonyl (C=O) groups is 3. The van der Waals surface area contributed by atoms with E-state index in [0.29, 0.717) is 12.1 Å². The van der Waals surface area contributed by atoms with Gasteiger partial charge in [0.05, 0.1) is 0 Å². The zero-order valence-corrected chi connectivity index (χ0v) is 19.6. The lowest BCUT2D eigenvalue weighted by atomic mass is 9.92. The van der Waals surface area contributed by atoms with Gasteiger partial charge in [0.2, 0.25) is 5.91 Å². The number of hydrogen-bond donors (Lipinski definition) is 2. The number of piperidine rings is 1. The highest BCUT2D eigenvalue weighted by Gasteiger charge is 2.36. The van der Waals surface area contributed by atoms with Crippen molar-refractivity contribution in [3.8, 4) is 0 Å². The van der Waals surface area contributed by atoms with E-state index in [0.717, 1.165) is 37.4 Å². The van der Waals surface area contributed by atoms with Crippen LogP contribution in [0.4, 0.5) is 0 Å². The van der Waals surface area contributed by atoms with Crippen LogP contribution in [0.5, 0.6) is 0 Å². The standard InChI is InChI=1S/C25H37N3O4/c1-25(2,3)32-22(29)12-11-21(23(26)30)28-16-19-14-17(9-10-20(19)24(28)31)6-4-7-18-8-5-13-27-15-18/h9-10,14,18,21,27H,4-8,11-13,15-16H2,1-3H3,(H2,26,30)/t18?,21-/m0/s1. The fraction of sp³-hybridized carbons (Fsp3) is 0.640. The number of ether oxygens (including phenoxy) is 1. The number of rotatable bonds is 9. The predicted octanol–water partition coefficient (Wildman–Crippen LogP) is 2.94. The van der Waals surface area contributed by atoms with Crippen molar-refractivity contribution in [2.24, 2.45) is 11.7 Å². The Hall–Kier alpha value is -2.41. The lowest BCUT2D eigenvalue weighted by Crippen LogP contribution is -2.45. The van der Waals surface area contributed by atoms with Crippen molar-refractivity contribution in [3.05, 3.63) is 34.9 Å². The van der Waals surface area contributed by atoms with Gasteiger partial charge in [-0.3, -0.25) is 14.4 Å². The number of nitrogens with zero attached hydrogens (tertiary/aromatic N) is 1. The Morgan fingerprint density at radius 3 is 2.75 bits per heavy atom. The van der Waals surface area contributed by atoms with Crippen LogP contribution in [0, 0.1) is 5.92 Å². The molecule has 2 heterocycles. The molecule has 1 saturated heterocycles. The largest absolute Gasteiger partial charge is 0.460 e. The minimum absolute atomic E-state index is 0.0340. The molecule has 2 aliphatic heterocycles. The third-order valence-corrected chi connectivity index (χ3v) is 6.22. The highest BCUT2D eigenvalue weighted by Crippen LogP contribution is 2.28. The van der Waals surface area contributed by atoms with Crippen LogP contribution in [0.1, 0.15) is 80.8 Å². The number of amides is 2. The molecule has 176 valence electrons. The van der Waals surface area contributed by atoms with Crippen LogP contribution >= 0.6 is 0 Å². The van der Waals surface area contributed by atoms with Gasteiger partial charge < -0.3 is 20.7 Å². The van der Waals surface area contributed by atoms with E-state index >= 15 is 0 Å². The summed E-state index contributed by atoms with van der Waals surface area (Å²) >= 11 is 0. The second-order valence-corrected chi connectivity index (χ2v) is 10.1. The van der Waals surface area contributed by atoms with Gasteiger partial charge in [-0.25, -0.2) is 0 Å². The van der Waals surface area contributed by atoms with E-state index in [9.17, 15) is 14.4 Å². The molecule has 7 nitrogen and oxygen atoms in total. The fourth-order valence-electron chi connectivity index (χ4n) is 4.67. The number of aryl methyl sites for hydroxylation is 1. The van der Waals surface area contributed by atoms with Crippen LogP contribution in [0.2, 0.25) is 0 Å². The quantitative estimate of drug-likeness (QED) is 0.572.